The van der Waals surface area contributed by atoms with Gasteiger partial charge in [-0.15, -0.1) is 10.1 Å². The SMILES string of the molecule is CC(OC(=O)NCCCCCCO[N+](=O)[O-])C(N)C(=O)O. The highest BCUT2D eigenvalue weighted by Gasteiger charge is 2.23. The van der Waals surface area contributed by atoms with Crippen molar-refractivity contribution in [2.45, 2.75) is 44.8 Å². The lowest BCUT2D eigenvalue weighted by Crippen LogP contribution is -2.44. The van der Waals surface area contributed by atoms with Crippen LogP contribution in [0.2, 0.25) is 0 Å². The number of amides is 1. The molecule has 0 rings (SSSR count). The van der Waals surface area contributed by atoms with Gasteiger partial charge in [-0.05, 0) is 19.8 Å². The molecule has 2 atom stereocenters. The summed E-state index contributed by atoms with van der Waals surface area (Å²) in [5, 5.41) is 20.1. The Morgan fingerprint density at radius 2 is 1.95 bits per heavy atom. The summed E-state index contributed by atoms with van der Waals surface area (Å²) in [5.41, 5.74) is 5.29. The summed E-state index contributed by atoms with van der Waals surface area (Å²) < 4.78 is 4.79. The molecule has 2 unspecified atom stereocenters. The average molecular weight is 307 g/mol. The first-order valence-electron chi connectivity index (χ1n) is 6.54. The molecule has 0 saturated carbocycles. The smallest absolute Gasteiger partial charge is 0.407 e. The van der Waals surface area contributed by atoms with Gasteiger partial charge in [0, 0.05) is 6.54 Å². The van der Waals surface area contributed by atoms with E-state index in [2.05, 4.69) is 10.2 Å². The van der Waals surface area contributed by atoms with Gasteiger partial charge in [0.2, 0.25) is 0 Å². The van der Waals surface area contributed by atoms with Crippen molar-refractivity contribution in [3.63, 3.8) is 0 Å². The molecule has 4 N–H and O–H groups in total. The van der Waals surface area contributed by atoms with Crippen LogP contribution in [0.5, 0.6) is 0 Å². The number of nitrogens with one attached hydrogen (secondary N) is 1. The maximum absolute atomic E-state index is 11.3. The van der Waals surface area contributed by atoms with E-state index >= 15 is 0 Å². The standard InChI is InChI=1S/C11H21N3O7/c1-8(9(12)10(15)16)21-11(17)13-6-4-2-3-5-7-20-14(18)19/h8-9H,2-7,12H2,1H3,(H,13,17)(H,15,16). The van der Waals surface area contributed by atoms with Gasteiger partial charge in [-0.1, -0.05) is 12.8 Å². The second kappa shape index (κ2) is 10.7. The van der Waals surface area contributed by atoms with Crippen LogP contribution < -0.4 is 11.1 Å². The zero-order valence-electron chi connectivity index (χ0n) is 11.8. The first-order valence-corrected chi connectivity index (χ1v) is 6.54. The summed E-state index contributed by atoms with van der Waals surface area (Å²) in [4.78, 5) is 35.9. The van der Waals surface area contributed by atoms with Gasteiger partial charge in [0.15, 0.2) is 0 Å². The number of ether oxygens (including phenoxy) is 1. The number of rotatable bonds is 11. The average Bonchev–Trinajstić information content (AvgIpc) is 2.40. The van der Waals surface area contributed by atoms with Crippen LogP contribution in [0.4, 0.5) is 4.79 Å². The molecule has 0 radical (unpaired) electrons. The zero-order valence-corrected chi connectivity index (χ0v) is 11.8. The molecule has 0 aromatic heterocycles. The number of unbranched alkanes of at least 4 members (excludes halogenated alkanes) is 3. The van der Waals surface area contributed by atoms with Crippen LogP contribution in [0, 0.1) is 10.1 Å². The minimum absolute atomic E-state index is 0.0626. The van der Waals surface area contributed by atoms with Crippen LogP contribution in [-0.4, -0.2) is 47.6 Å². The minimum atomic E-state index is -1.27. The molecule has 0 aliphatic carbocycles. The van der Waals surface area contributed by atoms with E-state index in [0.717, 1.165) is 12.8 Å². The van der Waals surface area contributed by atoms with E-state index in [9.17, 15) is 19.7 Å². The Bertz CT molecular complexity index is 351. The molecule has 0 aliphatic rings. The predicted molar refractivity (Wildman–Crippen MR) is 71.0 cm³/mol. The fourth-order valence-corrected chi connectivity index (χ4v) is 1.39. The Morgan fingerprint density at radius 1 is 1.33 bits per heavy atom. The highest BCUT2D eigenvalue weighted by Crippen LogP contribution is 2.00. The van der Waals surface area contributed by atoms with Crippen molar-refractivity contribution in [2.75, 3.05) is 13.2 Å². The lowest BCUT2D eigenvalue weighted by molar-refractivity contribution is -0.757. The largest absolute Gasteiger partial charge is 0.480 e. The number of carboxylic acids is 1. The van der Waals surface area contributed by atoms with E-state index in [0.29, 0.717) is 19.4 Å². The molecule has 0 aromatic carbocycles. The first-order chi connectivity index (χ1) is 9.84. The summed E-state index contributed by atoms with van der Waals surface area (Å²) >= 11 is 0. The number of alkyl carbamates (subject to hydrolysis) is 1. The normalized spacial score (nSPS) is 13.0. The Balaban J connectivity index is 3.54. The van der Waals surface area contributed by atoms with Crippen LogP contribution in [-0.2, 0) is 14.4 Å². The Labute approximate surface area is 121 Å². The number of hydrogen-bond acceptors (Lipinski definition) is 7. The van der Waals surface area contributed by atoms with Crippen molar-refractivity contribution in [3.8, 4) is 0 Å². The van der Waals surface area contributed by atoms with Crippen molar-refractivity contribution >= 4 is 12.1 Å². The zero-order chi connectivity index (χ0) is 16.3. The van der Waals surface area contributed by atoms with Gasteiger partial charge >= 0.3 is 12.1 Å². The summed E-state index contributed by atoms with van der Waals surface area (Å²) in [6.45, 7) is 1.82. The lowest BCUT2D eigenvalue weighted by Gasteiger charge is -2.17. The number of carboxylic acid groups (broad SMARTS) is 1. The maximum Gasteiger partial charge on any atom is 0.407 e. The molecule has 10 heteroatoms. The third kappa shape index (κ3) is 10.4. The van der Waals surface area contributed by atoms with Gasteiger partial charge in [0.25, 0.3) is 5.09 Å². The van der Waals surface area contributed by atoms with E-state index < -0.39 is 29.3 Å². The molecule has 0 bridgehead atoms. The van der Waals surface area contributed by atoms with Gasteiger partial charge in [0.1, 0.15) is 12.1 Å². The van der Waals surface area contributed by atoms with E-state index in [1.165, 1.54) is 6.92 Å². The summed E-state index contributed by atoms with van der Waals surface area (Å²) in [6.07, 6.45) is 1.09. The van der Waals surface area contributed by atoms with Gasteiger partial charge in [-0.25, -0.2) is 4.79 Å². The Kier molecular flexibility index (Phi) is 9.59. The Morgan fingerprint density at radius 3 is 2.52 bits per heavy atom. The van der Waals surface area contributed by atoms with Gasteiger partial charge in [-0.2, -0.15) is 0 Å². The number of nitrogens with zero attached hydrogens (tertiary/aromatic N) is 1. The fourth-order valence-electron chi connectivity index (χ4n) is 1.39. The van der Waals surface area contributed by atoms with Crippen LogP contribution in [0.1, 0.15) is 32.6 Å². The molecule has 0 saturated heterocycles. The van der Waals surface area contributed by atoms with E-state index in [-0.39, 0.29) is 6.61 Å². The molecule has 122 valence electrons. The van der Waals surface area contributed by atoms with Crippen LogP contribution in [0.15, 0.2) is 0 Å². The molecule has 0 aromatic rings. The van der Waals surface area contributed by atoms with E-state index in [1.54, 1.807) is 0 Å². The molecule has 10 nitrogen and oxygen atoms in total. The number of carbonyl (C=O) groups excluding carboxylic acids is 1. The molecule has 0 heterocycles. The van der Waals surface area contributed by atoms with E-state index in [4.69, 9.17) is 15.6 Å². The molecule has 1 amide bonds. The molecule has 0 spiro atoms. The second-order valence-corrected chi connectivity index (χ2v) is 4.37. The van der Waals surface area contributed by atoms with Crippen molar-refractivity contribution in [3.05, 3.63) is 10.1 Å². The van der Waals surface area contributed by atoms with Gasteiger partial charge < -0.3 is 25.7 Å². The topological polar surface area (TPSA) is 154 Å². The molecule has 0 aliphatic heterocycles. The lowest BCUT2D eigenvalue weighted by atomic mass is 10.2. The fraction of sp³-hybridized carbons (Fsp3) is 0.818. The summed E-state index contributed by atoms with van der Waals surface area (Å²) in [6, 6.07) is -1.27. The number of hydrogen-bond donors (Lipinski definition) is 3. The third-order valence-electron chi connectivity index (χ3n) is 2.62. The van der Waals surface area contributed by atoms with Crippen molar-refractivity contribution < 1.29 is 29.4 Å². The van der Waals surface area contributed by atoms with Crippen LogP contribution in [0.25, 0.3) is 0 Å². The van der Waals surface area contributed by atoms with Crippen LogP contribution >= 0.6 is 0 Å². The third-order valence-corrected chi connectivity index (χ3v) is 2.62. The summed E-state index contributed by atoms with van der Waals surface area (Å²) in [7, 11) is 0. The molecule has 21 heavy (non-hydrogen) atoms. The van der Waals surface area contributed by atoms with Crippen molar-refractivity contribution in [1.29, 1.82) is 0 Å². The Hall–Kier alpha value is -2.10. The summed E-state index contributed by atoms with van der Waals surface area (Å²) in [5.74, 6) is -1.24. The minimum Gasteiger partial charge on any atom is -0.480 e. The van der Waals surface area contributed by atoms with Gasteiger partial charge in [-0.3, -0.25) is 4.79 Å². The molecular weight excluding hydrogens is 286 g/mol. The first kappa shape index (κ1) is 18.9. The molecular formula is C11H21N3O7. The highest BCUT2D eigenvalue weighted by molar-refractivity contribution is 5.75. The molecule has 0 fully saturated rings. The maximum atomic E-state index is 11.3. The van der Waals surface area contributed by atoms with Crippen LogP contribution in [0.3, 0.4) is 0 Å². The quantitative estimate of drug-likeness (QED) is 0.279. The number of aliphatic carboxylic acids is 1. The van der Waals surface area contributed by atoms with E-state index in [1.807, 2.05) is 0 Å². The highest BCUT2D eigenvalue weighted by atomic mass is 16.9. The van der Waals surface area contributed by atoms with Crippen molar-refractivity contribution in [1.82, 2.24) is 5.32 Å². The predicted octanol–water partition coefficient (Wildman–Crippen LogP) is 0.282. The number of carbonyl (C=O) groups is 2. The van der Waals surface area contributed by atoms with Gasteiger partial charge in [0.05, 0.1) is 6.61 Å². The second-order valence-electron chi connectivity index (χ2n) is 4.37. The monoisotopic (exact) mass is 307 g/mol. The number of nitrogens with two attached hydrogens (primary N) is 1. The van der Waals surface area contributed by atoms with Crippen molar-refractivity contribution in [2.24, 2.45) is 5.73 Å².